The van der Waals surface area contributed by atoms with E-state index >= 15 is 0 Å². The van der Waals surface area contributed by atoms with Gasteiger partial charge in [-0.2, -0.15) is 0 Å². The molecule has 0 bridgehead atoms. The van der Waals surface area contributed by atoms with E-state index in [0.717, 1.165) is 0 Å². The molecule has 1 aliphatic heterocycles. The number of Topliss-reactive ketones (excluding diaryl/α,β-unsaturated/α-hetero) is 1. The van der Waals surface area contributed by atoms with Crippen LogP contribution >= 0.6 is 0 Å². The number of ether oxygens (including phenoxy) is 3. The van der Waals surface area contributed by atoms with Crippen molar-refractivity contribution in [1.29, 1.82) is 0 Å². The van der Waals surface area contributed by atoms with E-state index in [1.54, 1.807) is 61.5 Å². The molecular formula is C28H27NO7. The first kappa shape index (κ1) is 24.7. The third-order valence-corrected chi connectivity index (χ3v) is 5.82. The number of rotatable bonds is 8. The fraction of sp³-hybridized carbons (Fsp3) is 0.214. The molecule has 1 saturated heterocycles. The van der Waals surface area contributed by atoms with Gasteiger partial charge in [-0.15, -0.1) is 0 Å². The average Bonchev–Trinajstić information content (AvgIpc) is 3.15. The Labute approximate surface area is 209 Å². The van der Waals surface area contributed by atoms with E-state index in [1.807, 2.05) is 6.92 Å². The standard InChI is InChI=1S/C28H27NO7/c1-4-35-21-14-15-22(23(16-21)36-5-2)26(31)24-25(17-6-10-19(30)11-7-17)29(28(33)27(24)32)18-8-12-20(34-3)13-9-18/h6-16,25,30-31H,4-5H2,1-3H3/b26-24-. The van der Waals surface area contributed by atoms with Crippen LogP contribution in [-0.2, 0) is 9.59 Å². The maximum absolute atomic E-state index is 13.4. The van der Waals surface area contributed by atoms with E-state index in [4.69, 9.17) is 14.2 Å². The molecule has 3 aromatic carbocycles. The lowest BCUT2D eigenvalue weighted by Crippen LogP contribution is -2.29. The molecule has 2 N–H and O–H groups in total. The molecule has 0 aromatic heterocycles. The number of aliphatic hydroxyl groups is 1. The molecule has 0 radical (unpaired) electrons. The summed E-state index contributed by atoms with van der Waals surface area (Å²) in [6, 6.07) is 16.8. The SMILES string of the molecule is CCOc1ccc(/C(O)=C2/C(=O)C(=O)N(c3ccc(OC)cc3)C2c2ccc(O)cc2)c(OCC)c1. The molecule has 1 aliphatic rings. The second kappa shape index (κ2) is 10.4. The number of carbonyl (C=O) groups is 2. The maximum Gasteiger partial charge on any atom is 0.300 e. The number of phenolic OH excluding ortho intramolecular Hbond substituents is 1. The highest BCUT2D eigenvalue weighted by molar-refractivity contribution is 6.51. The summed E-state index contributed by atoms with van der Waals surface area (Å²) >= 11 is 0. The normalized spacial score (nSPS) is 16.8. The lowest BCUT2D eigenvalue weighted by molar-refractivity contribution is -0.132. The number of benzene rings is 3. The number of aliphatic hydroxyl groups excluding tert-OH is 1. The molecule has 0 saturated carbocycles. The number of ketones is 1. The molecule has 8 heteroatoms. The molecule has 1 heterocycles. The minimum atomic E-state index is -0.944. The van der Waals surface area contributed by atoms with Crippen molar-refractivity contribution in [3.05, 3.63) is 83.4 Å². The summed E-state index contributed by atoms with van der Waals surface area (Å²) < 4.78 is 16.5. The molecule has 8 nitrogen and oxygen atoms in total. The van der Waals surface area contributed by atoms with Crippen molar-refractivity contribution in [2.45, 2.75) is 19.9 Å². The number of hydrogen-bond donors (Lipinski definition) is 2. The molecule has 1 atom stereocenters. The zero-order valence-electron chi connectivity index (χ0n) is 20.2. The van der Waals surface area contributed by atoms with Gasteiger partial charge in [0.15, 0.2) is 0 Å². The summed E-state index contributed by atoms with van der Waals surface area (Å²) in [6.45, 7) is 4.42. The summed E-state index contributed by atoms with van der Waals surface area (Å²) in [4.78, 5) is 28.0. The van der Waals surface area contributed by atoms with Crippen LogP contribution in [0.5, 0.6) is 23.0 Å². The average molecular weight is 490 g/mol. The Balaban J connectivity index is 1.92. The van der Waals surface area contributed by atoms with Crippen molar-refractivity contribution < 1.29 is 34.0 Å². The first-order valence-electron chi connectivity index (χ1n) is 11.5. The van der Waals surface area contributed by atoms with Crippen LogP contribution in [0.1, 0.15) is 31.0 Å². The van der Waals surface area contributed by atoms with Crippen LogP contribution in [0, 0.1) is 0 Å². The fourth-order valence-corrected chi connectivity index (χ4v) is 4.19. The van der Waals surface area contributed by atoms with Gasteiger partial charge in [-0.05, 0) is 67.9 Å². The first-order chi connectivity index (χ1) is 17.4. The smallest absolute Gasteiger partial charge is 0.300 e. The minimum Gasteiger partial charge on any atom is -0.508 e. The predicted molar refractivity (Wildman–Crippen MR) is 135 cm³/mol. The largest absolute Gasteiger partial charge is 0.508 e. The molecule has 1 amide bonds. The number of amides is 1. The van der Waals surface area contributed by atoms with E-state index in [-0.39, 0.29) is 22.6 Å². The van der Waals surface area contributed by atoms with Crippen LogP contribution in [-0.4, -0.2) is 42.2 Å². The molecule has 0 aliphatic carbocycles. The van der Waals surface area contributed by atoms with E-state index in [1.165, 1.54) is 24.1 Å². The molecular weight excluding hydrogens is 462 g/mol. The Bertz CT molecular complexity index is 1300. The Hall–Kier alpha value is -4.46. The summed E-state index contributed by atoms with van der Waals surface area (Å²) in [5.41, 5.74) is 1.16. The van der Waals surface area contributed by atoms with Crippen molar-refractivity contribution in [1.82, 2.24) is 0 Å². The van der Waals surface area contributed by atoms with Crippen LogP contribution in [0.4, 0.5) is 5.69 Å². The maximum atomic E-state index is 13.4. The summed E-state index contributed by atoms with van der Waals surface area (Å²) in [6.07, 6.45) is 0. The van der Waals surface area contributed by atoms with Gasteiger partial charge in [0, 0.05) is 11.8 Å². The van der Waals surface area contributed by atoms with Gasteiger partial charge in [0.1, 0.15) is 28.8 Å². The Morgan fingerprint density at radius 2 is 1.53 bits per heavy atom. The van der Waals surface area contributed by atoms with Crippen molar-refractivity contribution in [2.24, 2.45) is 0 Å². The fourth-order valence-electron chi connectivity index (χ4n) is 4.19. The monoisotopic (exact) mass is 489 g/mol. The number of carbonyl (C=O) groups excluding carboxylic acids is 2. The number of aromatic hydroxyl groups is 1. The van der Waals surface area contributed by atoms with Crippen LogP contribution in [0.2, 0.25) is 0 Å². The van der Waals surface area contributed by atoms with E-state index in [9.17, 15) is 19.8 Å². The summed E-state index contributed by atoms with van der Waals surface area (Å²) in [7, 11) is 1.53. The number of nitrogens with zero attached hydrogens (tertiary/aromatic N) is 1. The highest BCUT2D eigenvalue weighted by Gasteiger charge is 2.47. The number of anilines is 1. The Morgan fingerprint density at radius 1 is 0.889 bits per heavy atom. The van der Waals surface area contributed by atoms with Crippen LogP contribution in [0.25, 0.3) is 5.76 Å². The number of methoxy groups -OCH3 is 1. The van der Waals surface area contributed by atoms with Crippen LogP contribution < -0.4 is 19.1 Å². The van der Waals surface area contributed by atoms with Crippen molar-refractivity contribution in [2.75, 3.05) is 25.2 Å². The van der Waals surface area contributed by atoms with E-state index < -0.39 is 17.7 Å². The van der Waals surface area contributed by atoms with E-state index in [2.05, 4.69) is 0 Å². The number of hydrogen-bond acceptors (Lipinski definition) is 7. The van der Waals surface area contributed by atoms with Gasteiger partial charge in [0.2, 0.25) is 0 Å². The number of phenols is 1. The third-order valence-electron chi connectivity index (χ3n) is 5.82. The second-order valence-corrected chi connectivity index (χ2v) is 7.98. The van der Waals surface area contributed by atoms with Gasteiger partial charge < -0.3 is 24.4 Å². The predicted octanol–water partition coefficient (Wildman–Crippen LogP) is 4.82. The van der Waals surface area contributed by atoms with Gasteiger partial charge in [-0.3, -0.25) is 14.5 Å². The van der Waals surface area contributed by atoms with Gasteiger partial charge in [-0.1, -0.05) is 12.1 Å². The highest BCUT2D eigenvalue weighted by Crippen LogP contribution is 2.44. The topological polar surface area (TPSA) is 106 Å². The van der Waals surface area contributed by atoms with Gasteiger partial charge in [-0.25, -0.2) is 0 Å². The minimum absolute atomic E-state index is 0.0327. The van der Waals surface area contributed by atoms with Gasteiger partial charge in [0.05, 0.1) is 37.5 Å². The molecule has 36 heavy (non-hydrogen) atoms. The molecule has 4 rings (SSSR count). The van der Waals surface area contributed by atoms with Crippen molar-refractivity contribution >= 4 is 23.1 Å². The Morgan fingerprint density at radius 3 is 2.14 bits per heavy atom. The van der Waals surface area contributed by atoms with Crippen LogP contribution in [0.3, 0.4) is 0 Å². The summed E-state index contributed by atoms with van der Waals surface area (Å²) in [5, 5.41) is 21.3. The second-order valence-electron chi connectivity index (χ2n) is 7.98. The van der Waals surface area contributed by atoms with Crippen molar-refractivity contribution in [3.63, 3.8) is 0 Å². The summed E-state index contributed by atoms with van der Waals surface area (Å²) in [5.74, 6) is -0.500. The van der Waals surface area contributed by atoms with Gasteiger partial charge >= 0.3 is 0 Å². The third kappa shape index (κ3) is 4.57. The lowest BCUT2D eigenvalue weighted by Gasteiger charge is -2.25. The van der Waals surface area contributed by atoms with Crippen molar-refractivity contribution in [3.8, 4) is 23.0 Å². The molecule has 1 unspecified atom stereocenters. The molecule has 1 fully saturated rings. The first-order valence-corrected chi connectivity index (χ1v) is 11.5. The van der Waals surface area contributed by atoms with Crippen LogP contribution in [0.15, 0.2) is 72.3 Å². The highest BCUT2D eigenvalue weighted by atomic mass is 16.5. The zero-order valence-corrected chi connectivity index (χ0v) is 20.2. The van der Waals surface area contributed by atoms with Gasteiger partial charge in [0.25, 0.3) is 11.7 Å². The Kier molecular flexibility index (Phi) is 7.15. The quantitative estimate of drug-likeness (QED) is 0.265. The lowest BCUT2D eigenvalue weighted by atomic mass is 9.94. The molecule has 0 spiro atoms. The zero-order chi connectivity index (χ0) is 25.8. The molecule has 3 aromatic rings. The van der Waals surface area contributed by atoms with E-state index in [0.29, 0.717) is 41.7 Å². The molecule has 186 valence electrons.